The van der Waals surface area contributed by atoms with Gasteiger partial charge < -0.3 is 20.4 Å². The van der Waals surface area contributed by atoms with E-state index in [2.05, 4.69) is 34.4 Å². The van der Waals surface area contributed by atoms with Crippen molar-refractivity contribution in [2.45, 2.75) is 38.6 Å². The molecule has 2 aliphatic rings. The monoisotopic (exact) mass is 375 g/mol. The first-order chi connectivity index (χ1) is 13.1. The van der Waals surface area contributed by atoms with Crippen LogP contribution < -0.4 is 15.5 Å². The SMILES string of the molecule is CCNC(=NCC1CCCN(C)C1)NC1CCN(c2cccc(F)c2)CC1. The molecule has 1 unspecified atom stereocenters. The Bertz CT molecular complexity index is 612. The van der Waals surface area contributed by atoms with E-state index < -0.39 is 0 Å². The van der Waals surface area contributed by atoms with Crippen LogP contribution in [0.2, 0.25) is 0 Å². The molecule has 27 heavy (non-hydrogen) atoms. The molecule has 0 spiro atoms. The van der Waals surface area contributed by atoms with Crippen molar-refractivity contribution in [1.29, 1.82) is 0 Å². The highest BCUT2D eigenvalue weighted by molar-refractivity contribution is 5.80. The molecule has 2 fully saturated rings. The number of piperidine rings is 2. The summed E-state index contributed by atoms with van der Waals surface area (Å²) in [5.41, 5.74) is 0.982. The van der Waals surface area contributed by atoms with Crippen molar-refractivity contribution in [3.63, 3.8) is 0 Å². The predicted molar refractivity (Wildman–Crippen MR) is 111 cm³/mol. The fourth-order valence-electron chi connectivity index (χ4n) is 4.11. The summed E-state index contributed by atoms with van der Waals surface area (Å²) in [5.74, 6) is 1.44. The van der Waals surface area contributed by atoms with Crippen LogP contribution in [0.1, 0.15) is 32.6 Å². The number of hydrogen-bond acceptors (Lipinski definition) is 3. The summed E-state index contributed by atoms with van der Waals surface area (Å²) in [6, 6.07) is 7.32. The molecule has 2 saturated heterocycles. The van der Waals surface area contributed by atoms with Gasteiger partial charge in [-0.3, -0.25) is 4.99 Å². The van der Waals surface area contributed by atoms with Crippen LogP contribution in [-0.2, 0) is 0 Å². The molecule has 0 bridgehead atoms. The second-order valence-electron chi connectivity index (χ2n) is 7.88. The van der Waals surface area contributed by atoms with Gasteiger partial charge in [0, 0.05) is 44.5 Å². The van der Waals surface area contributed by atoms with Gasteiger partial charge in [0.25, 0.3) is 0 Å². The second kappa shape index (κ2) is 9.93. The Morgan fingerprint density at radius 1 is 1.22 bits per heavy atom. The molecule has 1 aromatic carbocycles. The zero-order chi connectivity index (χ0) is 19.1. The zero-order valence-corrected chi connectivity index (χ0v) is 16.8. The van der Waals surface area contributed by atoms with Crippen molar-refractivity contribution in [3.05, 3.63) is 30.1 Å². The molecule has 6 heteroatoms. The minimum Gasteiger partial charge on any atom is -0.371 e. The van der Waals surface area contributed by atoms with Crippen molar-refractivity contribution < 1.29 is 4.39 Å². The maximum absolute atomic E-state index is 13.5. The summed E-state index contributed by atoms with van der Waals surface area (Å²) < 4.78 is 13.5. The lowest BCUT2D eigenvalue weighted by Crippen LogP contribution is -2.49. The molecule has 3 rings (SSSR count). The van der Waals surface area contributed by atoms with Gasteiger partial charge >= 0.3 is 0 Å². The Morgan fingerprint density at radius 3 is 2.74 bits per heavy atom. The van der Waals surface area contributed by atoms with E-state index in [4.69, 9.17) is 4.99 Å². The van der Waals surface area contributed by atoms with E-state index in [1.54, 1.807) is 12.1 Å². The van der Waals surface area contributed by atoms with Gasteiger partial charge in [-0.25, -0.2) is 4.39 Å². The van der Waals surface area contributed by atoms with Gasteiger partial charge in [0.2, 0.25) is 0 Å². The van der Waals surface area contributed by atoms with Crippen LogP contribution in [-0.4, -0.2) is 63.2 Å². The van der Waals surface area contributed by atoms with Crippen molar-refractivity contribution >= 4 is 11.6 Å². The van der Waals surface area contributed by atoms with Gasteiger partial charge in [-0.05, 0) is 70.3 Å². The first kappa shape index (κ1) is 19.9. The standard InChI is InChI=1S/C21H34FN5/c1-3-23-21(24-15-17-6-5-11-26(2)16-17)25-19-9-12-27(13-10-19)20-8-4-7-18(22)14-20/h4,7-8,14,17,19H,3,5-6,9-13,15-16H2,1-2H3,(H2,23,24,25). The third-order valence-corrected chi connectivity index (χ3v) is 5.58. The Morgan fingerprint density at radius 2 is 2.04 bits per heavy atom. The second-order valence-corrected chi connectivity index (χ2v) is 7.88. The minimum absolute atomic E-state index is 0.164. The molecule has 0 saturated carbocycles. The van der Waals surface area contributed by atoms with Crippen LogP contribution in [0.4, 0.5) is 10.1 Å². The van der Waals surface area contributed by atoms with Gasteiger partial charge in [0.05, 0.1) is 0 Å². The van der Waals surface area contributed by atoms with Crippen molar-refractivity contribution in [1.82, 2.24) is 15.5 Å². The normalized spacial score (nSPS) is 22.7. The Hall–Kier alpha value is -1.82. The molecule has 2 aliphatic heterocycles. The molecule has 0 aromatic heterocycles. The van der Waals surface area contributed by atoms with E-state index in [0.29, 0.717) is 12.0 Å². The number of guanidine groups is 1. The highest BCUT2D eigenvalue weighted by Gasteiger charge is 2.21. The molecule has 150 valence electrons. The van der Waals surface area contributed by atoms with E-state index in [1.807, 2.05) is 6.07 Å². The Labute approximate surface area is 163 Å². The summed E-state index contributed by atoms with van der Waals surface area (Å²) in [6.07, 6.45) is 4.62. The molecule has 1 atom stereocenters. The van der Waals surface area contributed by atoms with Crippen LogP contribution in [0.3, 0.4) is 0 Å². The van der Waals surface area contributed by atoms with Crippen molar-refractivity contribution in [3.8, 4) is 0 Å². The summed E-state index contributed by atoms with van der Waals surface area (Å²) in [6.45, 7) is 8.11. The van der Waals surface area contributed by atoms with Crippen LogP contribution in [0.5, 0.6) is 0 Å². The topological polar surface area (TPSA) is 42.9 Å². The summed E-state index contributed by atoms with van der Waals surface area (Å²) in [4.78, 5) is 9.53. The lowest BCUT2D eigenvalue weighted by molar-refractivity contribution is 0.214. The lowest BCUT2D eigenvalue weighted by atomic mass is 9.99. The predicted octanol–water partition coefficient (Wildman–Crippen LogP) is 2.69. The maximum atomic E-state index is 13.5. The molecule has 0 radical (unpaired) electrons. The number of aliphatic imine (C=N–C) groups is 1. The number of anilines is 1. The van der Waals surface area contributed by atoms with Gasteiger partial charge in [0.1, 0.15) is 5.82 Å². The number of nitrogens with one attached hydrogen (secondary N) is 2. The van der Waals surface area contributed by atoms with Crippen LogP contribution >= 0.6 is 0 Å². The van der Waals surface area contributed by atoms with Crippen molar-refractivity contribution in [2.75, 3.05) is 51.2 Å². The van der Waals surface area contributed by atoms with E-state index >= 15 is 0 Å². The van der Waals surface area contributed by atoms with Gasteiger partial charge in [-0.1, -0.05) is 6.07 Å². The molecule has 1 aromatic rings. The minimum atomic E-state index is -0.164. The van der Waals surface area contributed by atoms with Gasteiger partial charge in [0.15, 0.2) is 5.96 Å². The fraction of sp³-hybridized carbons (Fsp3) is 0.667. The van der Waals surface area contributed by atoms with Gasteiger partial charge in [-0.15, -0.1) is 0 Å². The molecule has 0 aliphatic carbocycles. The van der Waals surface area contributed by atoms with Crippen LogP contribution in [0.25, 0.3) is 0 Å². The summed E-state index contributed by atoms with van der Waals surface area (Å²) in [7, 11) is 2.20. The molecule has 2 N–H and O–H groups in total. The molecule has 5 nitrogen and oxygen atoms in total. The highest BCUT2D eigenvalue weighted by atomic mass is 19.1. The number of benzene rings is 1. The van der Waals surface area contributed by atoms with Crippen LogP contribution in [0, 0.1) is 11.7 Å². The lowest BCUT2D eigenvalue weighted by Gasteiger charge is -2.34. The van der Waals surface area contributed by atoms with Crippen molar-refractivity contribution in [2.24, 2.45) is 10.9 Å². The Balaban J connectivity index is 1.49. The largest absolute Gasteiger partial charge is 0.371 e. The highest BCUT2D eigenvalue weighted by Crippen LogP contribution is 2.21. The molecule has 0 amide bonds. The quantitative estimate of drug-likeness (QED) is 0.613. The van der Waals surface area contributed by atoms with E-state index in [-0.39, 0.29) is 5.82 Å². The molecular formula is C21H34FN5. The smallest absolute Gasteiger partial charge is 0.191 e. The van der Waals surface area contributed by atoms with Gasteiger partial charge in [-0.2, -0.15) is 0 Å². The van der Waals surface area contributed by atoms with E-state index in [9.17, 15) is 4.39 Å². The summed E-state index contributed by atoms with van der Waals surface area (Å²) in [5, 5.41) is 7.01. The average Bonchev–Trinajstić information content (AvgIpc) is 2.67. The third-order valence-electron chi connectivity index (χ3n) is 5.58. The number of rotatable bonds is 5. The number of likely N-dealkylation sites (tertiary alicyclic amines) is 1. The fourth-order valence-corrected chi connectivity index (χ4v) is 4.11. The maximum Gasteiger partial charge on any atom is 0.191 e. The first-order valence-corrected chi connectivity index (χ1v) is 10.4. The van der Waals surface area contributed by atoms with E-state index in [0.717, 1.165) is 57.2 Å². The third kappa shape index (κ3) is 6.09. The molecule has 2 heterocycles. The number of nitrogens with zero attached hydrogens (tertiary/aromatic N) is 3. The van der Waals surface area contributed by atoms with E-state index in [1.165, 1.54) is 25.5 Å². The first-order valence-electron chi connectivity index (χ1n) is 10.4. The number of halogens is 1. The number of hydrogen-bond donors (Lipinski definition) is 2. The Kier molecular flexibility index (Phi) is 7.33. The van der Waals surface area contributed by atoms with Crippen LogP contribution in [0.15, 0.2) is 29.3 Å². The zero-order valence-electron chi connectivity index (χ0n) is 16.8. The molecular weight excluding hydrogens is 341 g/mol. The average molecular weight is 376 g/mol. The summed E-state index contributed by atoms with van der Waals surface area (Å²) >= 11 is 0.